The lowest BCUT2D eigenvalue weighted by atomic mass is 10.1. The molecule has 3 rings (SSSR count). The van der Waals surface area contributed by atoms with Crippen LogP contribution in [0.1, 0.15) is 17.2 Å². The molecule has 22 heavy (non-hydrogen) atoms. The molecule has 1 aromatic heterocycles. The van der Waals surface area contributed by atoms with Gasteiger partial charge in [-0.2, -0.15) is 0 Å². The van der Waals surface area contributed by atoms with Crippen molar-refractivity contribution in [1.29, 1.82) is 0 Å². The number of carbonyl (C=O) groups excluding carboxylic acids is 1. The second-order valence-electron chi connectivity index (χ2n) is 5.06. The van der Waals surface area contributed by atoms with Crippen molar-refractivity contribution in [2.24, 2.45) is 0 Å². The smallest absolute Gasteiger partial charge is 0.315 e. The van der Waals surface area contributed by atoms with Crippen LogP contribution in [-0.2, 0) is 16.4 Å². The van der Waals surface area contributed by atoms with Crippen molar-refractivity contribution in [3.63, 3.8) is 0 Å². The van der Waals surface area contributed by atoms with Crippen LogP contribution in [0.2, 0.25) is 0 Å². The molecule has 2 heterocycles. The molecule has 2 amide bonds. The predicted molar refractivity (Wildman–Crippen MR) is 80.8 cm³/mol. The van der Waals surface area contributed by atoms with Crippen LogP contribution in [0.25, 0.3) is 0 Å². The first-order chi connectivity index (χ1) is 10.6. The van der Waals surface area contributed by atoms with Crippen LogP contribution in [0.3, 0.4) is 0 Å². The normalized spacial score (nSPS) is 18.5. The number of fused-ring (bicyclic) bond motifs is 1. The summed E-state index contributed by atoms with van der Waals surface area (Å²) in [5.74, 6) is -0.105. The van der Waals surface area contributed by atoms with E-state index in [1.54, 1.807) is 42.7 Å². The summed E-state index contributed by atoms with van der Waals surface area (Å²) in [5, 5.41) is 5.41. The molecule has 1 aromatic carbocycles. The lowest BCUT2D eigenvalue weighted by Crippen LogP contribution is -2.38. The minimum atomic E-state index is -3.32. The third-order valence-corrected chi connectivity index (χ3v) is 5.31. The number of nitrogens with zero attached hydrogens (tertiary/aromatic N) is 1. The standard InChI is InChI=1S/C15H15N3O3S/c19-15(17-9-11-4-3-7-16-8-11)18-13-10-22(20,21)14-6-2-1-5-12(13)14/h1-8,13H,9-10H2,(H2,17,18,19). The fourth-order valence-corrected chi connectivity index (χ4v) is 4.20. The predicted octanol–water partition coefficient (Wildman–Crippen LogP) is 1.41. The summed E-state index contributed by atoms with van der Waals surface area (Å²) in [4.78, 5) is 16.2. The Balaban J connectivity index is 1.66. The second kappa shape index (κ2) is 5.76. The molecule has 0 spiro atoms. The molecule has 0 saturated heterocycles. The van der Waals surface area contributed by atoms with Crippen molar-refractivity contribution < 1.29 is 13.2 Å². The zero-order valence-corrected chi connectivity index (χ0v) is 12.5. The van der Waals surface area contributed by atoms with Crippen LogP contribution in [-0.4, -0.2) is 25.2 Å². The van der Waals surface area contributed by atoms with Gasteiger partial charge in [-0.25, -0.2) is 13.2 Å². The highest BCUT2D eigenvalue weighted by Crippen LogP contribution is 2.32. The summed E-state index contributed by atoms with van der Waals surface area (Å²) >= 11 is 0. The van der Waals surface area contributed by atoms with Gasteiger partial charge in [-0.1, -0.05) is 24.3 Å². The van der Waals surface area contributed by atoms with E-state index in [2.05, 4.69) is 15.6 Å². The molecule has 0 radical (unpaired) electrons. The minimum Gasteiger partial charge on any atom is -0.334 e. The number of amides is 2. The average molecular weight is 317 g/mol. The highest BCUT2D eigenvalue weighted by molar-refractivity contribution is 7.91. The zero-order valence-electron chi connectivity index (χ0n) is 11.7. The number of carbonyl (C=O) groups is 1. The summed E-state index contributed by atoms with van der Waals surface area (Å²) < 4.78 is 24.1. The Labute approximate surface area is 128 Å². The van der Waals surface area contributed by atoms with Gasteiger partial charge in [0, 0.05) is 18.9 Å². The van der Waals surface area contributed by atoms with Gasteiger partial charge in [-0.3, -0.25) is 4.98 Å². The summed E-state index contributed by atoms with van der Waals surface area (Å²) in [6, 6.07) is 9.46. The number of urea groups is 1. The molecule has 6 nitrogen and oxygen atoms in total. The molecule has 1 aliphatic heterocycles. The second-order valence-corrected chi connectivity index (χ2v) is 7.06. The van der Waals surface area contributed by atoms with Crippen molar-refractivity contribution in [2.45, 2.75) is 17.5 Å². The molecule has 1 unspecified atom stereocenters. The maximum atomic E-state index is 12.0. The van der Waals surface area contributed by atoms with Gasteiger partial charge in [-0.05, 0) is 23.3 Å². The van der Waals surface area contributed by atoms with Crippen LogP contribution in [0.5, 0.6) is 0 Å². The number of hydrogen-bond donors (Lipinski definition) is 2. The van der Waals surface area contributed by atoms with Crippen LogP contribution in [0.4, 0.5) is 4.79 Å². The molecule has 0 bridgehead atoms. The molecule has 2 aromatic rings. The fraction of sp³-hybridized carbons (Fsp3) is 0.200. The largest absolute Gasteiger partial charge is 0.334 e. The molecule has 7 heteroatoms. The van der Waals surface area contributed by atoms with Crippen molar-refractivity contribution in [3.8, 4) is 0 Å². The number of nitrogens with one attached hydrogen (secondary N) is 2. The van der Waals surface area contributed by atoms with Gasteiger partial charge in [0.2, 0.25) is 0 Å². The van der Waals surface area contributed by atoms with Gasteiger partial charge < -0.3 is 10.6 Å². The number of hydrogen-bond acceptors (Lipinski definition) is 4. The first kappa shape index (κ1) is 14.5. The van der Waals surface area contributed by atoms with E-state index in [4.69, 9.17) is 0 Å². The topological polar surface area (TPSA) is 88.2 Å². The Bertz CT molecular complexity index is 791. The number of sulfone groups is 1. The van der Waals surface area contributed by atoms with Crippen molar-refractivity contribution >= 4 is 15.9 Å². The lowest BCUT2D eigenvalue weighted by Gasteiger charge is -2.13. The molecule has 0 fully saturated rings. The van der Waals surface area contributed by atoms with Gasteiger partial charge in [0.1, 0.15) is 0 Å². The van der Waals surface area contributed by atoms with E-state index in [9.17, 15) is 13.2 Å². The van der Waals surface area contributed by atoms with E-state index >= 15 is 0 Å². The number of pyridine rings is 1. The van der Waals surface area contributed by atoms with Gasteiger partial charge in [0.15, 0.2) is 9.84 Å². The molecular formula is C15H15N3O3S. The van der Waals surface area contributed by atoms with Crippen LogP contribution in [0, 0.1) is 0 Å². The molecule has 1 aliphatic rings. The van der Waals surface area contributed by atoms with E-state index < -0.39 is 21.9 Å². The van der Waals surface area contributed by atoms with E-state index in [1.807, 2.05) is 6.07 Å². The fourth-order valence-electron chi connectivity index (χ4n) is 2.46. The van der Waals surface area contributed by atoms with Crippen LogP contribution >= 0.6 is 0 Å². The molecule has 0 aliphatic carbocycles. The average Bonchev–Trinajstić information content (AvgIpc) is 2.78. The Morgan fingerprint density at radius 3 is 2.82 bits per heavy atom. The number of aromatic nitrogens is 1. The lowest BCUT2D eigenvalue weighted by molar-refractivity contribution is 0.237. The molecular weight excluding hydrogens is 302 g/mol. The molecule has 1 atom stereocenters. The SMILES string of the molecule is O=C(NCc1cccnc1)NC1CS(=O)(=O)c2ccccc21. The maximum absolute atomic E-state index is 12.0. The van der Waals surface area contributed by atoms with Crippen molar-refractivity contribution in [3.05, 3.63) is 59.9 Å². The van der Waals surface area contributed by atoms with Gasteiger partial charge in [0.25, 0.3) is 0 Å². The zero-order chi connectivity index (χ0) is 15.6. The van der Waals surface area contributed by atoms with Crippen LogP contribution < -0.4 is 10.6 Å². The number of benzene rings is 1. The van der Waals surface area contributed by atoms with E-state index in [-0.39, 0.29) is 5.75 Å². The molecule has 0 saturated carbocycles. The quantitative estimate of drug-likeness (QED) is 0.896. The van der Waals surface area contributed by atoms with E-state index in [0.717, 1.165) is 5.56 Å². The molecule has 2 N–H and O–H groups in total. The Hall–Kier alpha value is -2.41. The van der Waals surface area contributed by atoms with Gasteiger partial charge >= 0.3 is 6.03 Å². The summed E-state index contributed by atoms with van der Waals surface area (Å²) in [6.45, 7) is 0.334. The summed E-state index contributed by atoms with van der Waals surface area (Å²) in [6.07, 6.45) is 3.32. The van der Waals surface area contributed by atoms with Crippen LogP contribution in [0.15, 0.2) is 53.7 Å². The molecule has 114 valence electrons. The highest BCUT2D eigenvalue weighted by atomic mass is 32.2. The Morgan fingerprint density at radius 2 is 2.05 bits per heavy atom. The first-order valence-corrected chi connectivity index (χ1v) is 8.46. The van der Waals surface area contributed by atoms with E-state index in [1.165, 1.54) is 0 Å². The highest BCUT2D eigenvalue weighted by Gasteiger charge is 2.35. The summed E-state index contributed by atoms with van der Waals surface area (Å²) in [7, 11) is -3.32. The number of rotatable bonds is 3. The van der Waals surface area contributed by atoms with Gasteiger partial charge in [0.05, 0.1) is 16.7 Å². The maximum Gasteiger partial charge on any atom is 0.315 e. The third kappa shape index (κ3) is 2.94. The summed E-state index contributed by atoms with van der Waals surface area (Å²) in [5.41, 5.74) is 1.51. The first-order valence-electron chi connectivity index (χ1n) is 6.81. The van der Waals surface area contributed by atoms with E-state index in [0.29, 0.717) is 17.0 Å². The monoisotopic (exact) mass is 317 g/mol. The van der Waals surface area contributed by atoms with Crippen molar-refractivity contribution in [2.75, 3.05) is 5.75 Å². The van der Waals surface area contributed by atoms with Gasteiger partial charge in [-0.15, -0.1) is 0 Å². The third-order valence-electron chi connectivity index (χ3n) is 3.50. The van der Waals surface area contributed by atoms with Crippen molar-refractivity contribution in [1.82, 2.24) is 15.6 Å². The Morgan fingerprint density at radius 1 is 1.23 bits per heavy atom. The Kier molecular flexibility index (Phi) is 3.81. The minimum absolute atomic E-state index is 0.105.